The highest BCUT2D eigenvalue weighted by Crippen LogP contribution is 2.30. The SMILES string of the molecule is CCOC(=O)c1c(C)[nH]c(C)c1C1=Nn2cc(-c3ccccc3)nc2SC1. The monoisotopic (exact) mass is 380 g/mol. The van der Waals surface area contributed by atoms with Gasteiger partial charge in [-0.15, -0.1) is 0 Å². The Balaban J connectivity index is 1.76. The van der Waals surface area contributed by atoms with Gasteiger partial charge in [-0.05, 0) is 20.8 Å². The van der Waals surface area contributed by atoms with Crippen molar-refractivity contribution in [1.82, 2.24) is 14.6 Å². The van der Waals surface area contributed by atoms with Crippen LogP contribution >= 0.6 is 11.8 Å². The quantitative estimate of drug-likeness (QED) is 0.694. The Labute approximate surface area is 161 Å². The van der Waals surface area contributed by atoms with Crippen LogP contribution in [0.3, 0.4) is 0 Å². The molecule has 1 N–H and O–H groups in total. The number of aromatic nitrogens is 3. The first-order valence-corrected chi connectivity index (χ1v) is 9.79. The van der Waals surface area contributed by atoms with Gasteiger partial charge in [0, 0.05) is 28.3 Å². The molecule has 0 radical (unpaired) electrons. The van der Waals surface area contributed by atoms with Crippen molar-refractivity contribution in [2.45, 2.75) is 25.9 Å². The second-order valence-electron chi connectivity index (χ2n) is 6.30. The zero-order valence-electron chi connectivity index (χ0n) is 15.4. The van der Waals surface area contributed by atoms with Gasteiger partial charge >= 0.3 is 5.97 Å². The second kappa shape index (κ2) is 7.08. The number of aryl methyl sites for hydroxylation is 2. The molecular weight excluding hydrogens is 360 g/mol. The van der Waals surface area contributed by atoms with Crippen LogP contribution in [-0.4, -0.2) is 38.7 Å². The van der Waals surface area contributed by atoms with E-state index in [1.54, 1.807) is 16.4 Å². The Bertz CT molecular complexity index is 1030. The Morgan fingerprint density at radius 2 is 2.04 bits per heavy atom. The van der Waals surface area contributed by atoms with Gasteiger partial charge in [-0.25, -0.2) is 14.5 Å². The minimum absolute atomic E-state index is 0.316. The number of hydrogen-bond donors (Lipinski definition) is 1. The molecule has 1 aliphatic heterocycles. The Kier molecular flexibility index (Phi) is 4.61. The van der Waals surface area contributed by atoms with E-state index < -0.39 is 0 Å². The highest BCUT2D eigenvalue weighted by Gasteiger charge is 2.27. The average Bonchev–Trinajstić information content (AvgIpc) is 3.22. The fraction of sp³-hybridized carbons (Fsp3) is 0.250. The maximum Gasteiger partial charge on any atom is 0.340 e. The summed E-state index contributed by atoms with van der Waals surface area (Å²) in [5, 5.41) is 5.61. The van der Waals surface area contributed by atoms with Gasteiger partial charge < -0.3 is 9.72 Å². The normalized spacial score (nSPS) is 13.2. The maximum atomic E-state index is 12.5. The summed E-state index contributed by atoms with van der Waals surface area (Å²) in [6.07, 6.45) is 1.93. The van der Waals surface area contributed by atoms with E-state index in [9.17, 15) is 4.79 Å². The van der Waals surface area contributed by atoms with Crippen molar-refractivity contribution in [2.75, 3.05) is 12.4 Å². The summed E-state index contributed by atoms with van der Waals surface area (Å²) in [6.45, 7) is 5.99. The summed E-state index contributed by atoms with van der Waals surface area (Å²) in [4.78, 5) is 20.4. The predicted octanol–water partition coefficient (Wildman–Crippen LogP) is 4.03. The number of carbonyl (C=O) groups is 1. The summed E-state index contributed by atoms with van der Waals surface area (Å²) in [7, 11) is 0. The first-order chi connectivity index (χ1) is 13.1. The lowest BCUT2D eigenvalue weighted by Crippen LogP contribution is -2.17. The largest absolute Gasteiger partial charge is 0.462 e. The van der Waals surface area contributed by atoms with E-state index >= 15 is 0 Å². The van der Waals surface area contributed by atoms with Crippen LogP contribution in [0.25, 0.3) is 11.3 Å². The summed E-state index contributed by atoms with van der Waals surface area (Å²) in [6, 6.07) is 10.0. The summed E-state index contributed by atoms with van der Waals surface area (Å²) < 4.78 is 7.04. The van der Waals surface area contributed by atoms with Crippen molar-refractivity contribution >= 4 is 23.4 Å². The molecule has 6 nitrogen and oxygen atoms in total. The third kappa shape index (κ3) is 3.19. The van der Waals surface area contributed by atoms with Gasteiger partial charge in [-0.2, -0.15) is 5.10 Å². The first-order valence-electron chi connectivity index (χ1n) is 8.80. The maximum absolute atomic E-state index is 12.5. The second-order valence-corrected chi connectivity index (χ2v) is 7.24. The highest BCUT2D eigenvalue weighted by atomic mass is 32.2. The zero-order valence-corrected chi connectivity index (χ0v) is 16.3. The molecule has 3 aromatic rings. The fourth-order valence-corrected chi connectivity index (χ4v) is 4.14. The average molecular weight is 380 g/mol. The van der Waals surface area contributed by atoms with E-state index in [0.717, 1.165) is 39.1 Å². The van der Waals surface area contributed by atoms with Crippen molar-refractivity contribution in [3.63, 3.8) is 0 Å². The number of ether oxygens (including phenoxy) is 1. The molecule has 1 aromatic carbocycles. The standard InChI is InChI=1S/C20H20N4O2S/c1-4-26-19(25)18-13(3)21-12(2)17(18)16-11-27-20-22-15(10-24(20)23-16)14-8-6-5-7-9-14/h5-10,21H,4,11H2,1-3H3. The van der Waals surface area contributed by atoms with Crippen LogP contribution in [0.4, 0.5) is 0 Å². The number of H-pyrrole nitrogens is 1. The third-order valence-corrected chi connectivity index (χ3v) is 5.39. The molecule has 0 amide bonds. The minimum atomic E-state index is -0.316. The van der Waals surface area contributed by atoms with Gasteiger partial charge in [0.25, 0.3) is 0 Å². The molecule has 0 bridgehead atoms. The van der Waals surface area contributed by atoms with Gasteiger partial charge in [-0.1, -0.05) is 42.1 Å². The smallest absolute Gasteiger partial charge is 0.340 e. The van der Waals surface area contributed by atoms with E-state index in [-0.39, 0.29) is 5.97 Å². The molecule has 0 aliphatic carbocycles. The number of fused-ring (bicyclic) bond motifs is 1. The molecular formula is C20H20N4O2S. The number of nitrogens with zero attached hydrogens (tertiary/aromatic N) is 3. The zero-order chi connectivity index (χ0) is 19.0. The van der Waals surface area contributed by atoms with Crippen molar-refractivity contribution in [3.8, 4) is 11.3 Å². The fourth-order valence-electron chi connectivity index (χ4n) is 3.29. The Hall–Kier alpha value is -2.80. The minimum Gasteiger partial charge on any atom is -0.462 e. The van der Waals surface area contributed by atoms with Crippen LogP contribution in [0, 0.1) is 13.8 Å². The lowest BCUT2D eigenvalue weighted by Gasteiger charge is -2.14. The van der Waals surface area contributed by atoms with Gasteiger partial charge in [0.1, 0.15) is 0 Å². The highest BCUT2D eigenvalue weighted by molar-refractivity contribution is 7.99. The molecule has 1 aliphatic rings. The Morgan fingerprint density at radius 1 is 1.26 bits per heavy atom. The molecule has 0 unspecified atom stereocenters. The van der Waals surface area contributed by atoms with E-state index in [2.05, 4.69) is 9.97 Å². The van der Waals surface area contributed by atoms with Crippen LogP contribution in [-0.2, 0) is 4.74 Å². The number of benzene rings is 1. The molecule has 0 atom stereocenters. The van der Waals surface area contributed by atoms with E-state index in [0.29, 0.717) is 17.9 Å². The predicted molar refractivity (Wildman–Crippen MR) is 107 cm³/mol. The van der Waals surface area contributed by atoms with Crippen molar-refractivity contribution in [1.29, 1.82) is 0 Å². The topological polar surface area (TPSA) is 72.3 Å². The first kappa shape index (κ1) is 17.6. The van der Waals surface area contributed by atoms with E-state index in [1.807, 2.05) is 57.3 Å². The lowest BCUT2D eigenvalue weighted by atomic mass is 10.1. The number of nitrogens with one attached hydrogen (secondary N) is 1. The van der Waals surface area contributed by atoms with Gasteiger partial charge in [0.15, 0.2) is 5.16 Å². The molecule has 138 valence electrons. The third-order valence-electron chi connectivity index (χ3n) is 4.44. The van der Waals surface area contributed by atoms with Crippen molar-refractivity contribution < 1.29 is 9.53 Å². The molecule has 3 heterocycles. The molecule has 0 saturated carbocycles. The molecule has 27 heavy (non-hydrogen) atoms. The lowest BCUT2D eigenvalue weighted by molar-refractivity contribution is 0.0525. The summed E-state index contributed by atoms with van der Waals surface area (Å²) in [5.74, 6) is 0.332. The van der Waals surface area contributed by atoms with Crippen molar-refractivity contribution in [3.05, 3.63) is 59.0 Å². The number of imidazole rings is 1. The van der Waals surface area contributed by atoms with E-state index in [1.165, 1.54) is 0 Å². The number of esters is 1. The number of thioether (sulfide) groups is 1. The molecule has 4 rings (SSSR count). The number of aromatic amines is 1. The van der Waals surface area contributed by atoms with Crippen LogP contribution in [0.5, 0.6) is 0 Å². The van der Waals surface area contributed by atoms with Gasteiger partial charge in [-0.3, -0.25) is 0 Å². The number of hydrogen-bond acceptors (Lipinski definition) is 5. The van der Waals surface area contributed by atoms with Crippen LogP contribution in [0.2, 0.25) is 0 Å². The van der Waals surface area contributed by atoms with Crippen LogP contribution < -0.4 is 0 Å². The van der Waals surface area contributed by atoms with Crippen molar-refractivity contribution in [2.24, 2.45) is 5.10 Å². The number of rotatable bonds is 4. The summed E-state index contributed by atoms with van der Waals surface area (Å²) in [5.41, 5.74) is 5.90. The molecule has 0 saturated heterocycles. The molecule has 2 aromatic heterocycles. The summed E-state index contributed by atoms with van der Waals surface area (Å²) >= 11 is 1.61. The molecule has 0 spiro atoms. The number of carbonyl (C=O) groups excluding carboxylic acids is 1. The van der Waals surface area contributed by atoms with Crippen LogP contribution in [0.1, 0.15) is 34.2 Å². The van der Waals surface area contributed by atoms with E-state index in [4.69, 9.17) is 9.84 Å². The van der Waals surface area contributed by atoms with Gasteiger partial charge in [0.05, 0.1) is 29.8 Å². The molecule has 0 fully saturated rings. The van der Waals surface area contributed by atoms with Gasteiger partial charge in [0.2, 0.25) is 0 Å². The Morgan fingerprint density at radius 3 is 2.78 bits per heavy atom. The molecule has 7 heteroatoms. The van der Waals surface area contributed by atoms with Crippen LogP contribution in [0.15, 0.2) is 46.8 Å².